The summed E-state index contributed by atoms with van der Waals surface area (Å²) in [6.07, 6.45) is 2.37. The van der Waals surface area contributed by atoms with E-state index in [0.717, 1.165) is 18.4 Å². The summed E-state index contributed by atoms with van der Waals surface area (Å²) in [6, 6.07) is 5.21. The molecule has 0 saturated carbocycles. The van der Waals surface area contributed by atoms with E-state index in [1.54, 1.807) is 22.8 Å². The maximum absolute atomic E-state index is 11.8. The van der Waals surface area contributed by atoms with E-state index in [9.17, 15) is 4.79 Å². The largest absolute Gasteiger partial charge is 0.420 e. The van der Waals surface area contributed by atoms with Crippen LogP contribution in [-0.4, -0.2) is 16.8 Å². The Bertz CT molecular complexity index is 629. The lowest BCUT2D eigenvalue weighted by Crippen LogP contribution is -2.23. The van der Waals surface area contributed by atoms with Crippen LogP contribution in [-0.2, 0) is 11.3 Å². The highest BCUT2D eigenvalue weighted by Crippen LogP contribution is 2.22. The van der Waals surface area contributed by atoms with Gasteiger partial charge in [-0.2, -0.15) is 0 Å². The smallest absolute Gasteiger partial charge is 0.408 e. The van der Waals surface area contributed by atoms with Crippen molar-refractivity contribution < 1.29 is 9.15 Å². The van der Waals surface area contributed by atoms with Crippen LogP contribution in [0.3, 0.4) is 0 Å². The molecular weight excluding hydrogens is 232 g/mol. The lowest BCUT2D eigenvalue weighted by molar-refractivity contribution is 0.0453. The van der Waals surface area contributed by atoms with Crippen LogP contribution in [0.1, 0.15) is 19.8 Å². The number of anilines is 1. The summed E-state index contributed by atoms with van der Waals surface area (Å²) in [5.41, 5.74) is 7.68. The van der Waals surface area contributed by atoms with Crippen LogP contribution in [0.25, 0.3) is 11.1 Å². The normalized spacial score (nSPS) is 23.8. The molecule has 18 heavy (non-hydrogen) atoms. The predicted molar refractivity (Wildman–Crippen MR) is 68.5 cm³/mol. The predicted octanol–water partition coefficient (Wildman–Crippen LogP) is 1.74. The minimum Gasteiger partial charge on any atom is -0.408 e. The van der Waals surface area contributed by atoms with Gasteiger partial charge in [0.05, 0.1) is 24.3 Å². The molecule has 2 N–H and O–H groups in total. The Morgan fingerprint density at radius 2 is 2.28 bits per heavy atom. The molecule has 2 atom stereocenters. The van der Waals surface area contributed by atoms with Gasteiger partial charge in [-0.3, -0.25) is 4.57 Å². The fourth-order valence-electron chi connectivity index (χ4n) is 2.48. The zero-order valence-electron chi connectivity index (χ0n) is 10.3. The summed E-state index contributed by atoms with van der Waals surface area (Å²) in [5.74, 6) is -0.348. The van der Waals surface area contributed by atoms with Gasteiger partial charge in [-0.05, 0) is 38.0 Å². The quantitative estimate of drug-likeness (QED) is 0.822. The molecule has 2 unspecified atom stereocenters. The van der Waals surface area contributed by atoms with Crippen molar-refractivity contribution in [1.29, 1.82) is 0 Å². The number of oxazole rings is 1. The highest BCUT2D eigenvalue weighted by atomic mass is 16.5. The fraction of sp³-hybridized carbons (Fsp3) is 0.462. The van der Waals surface area contributed by atoms with E-state index in [4.69, 9.17) is 14.9 Å². The molecule has 1 saturated heterocycles. The molecule has 5 heteroatoms. The number of rotatable bonds is 2. The minimum absolute atomic E-state index is 0.0833. The van der Waals surface area contributed by atoms with Crippen molar-refractivity contribution in [3.05, 3.63) is 28.7 Å². The number of hydrogen-bond donors (Lipinski definition) is 1. The van der Waals surface area contributed by atoms with Gasteiger partial charge >= 0.3 is 5.76 Å². The second-order valence-corrected chi connectivity index (χ2v) is 4.85. The SMILES string of the molecule is CC1CCC(Cn2c(=O)oc3ccc(N)cc32)O1. The van der Waals surface area contributed by atoms with Gasteiger partial charge in [0.25, 0.3) is 0 Å². The van der Waals surface area contributed by atoms with Crippen LogP contribution in [0, 0.1) is 0 Å². The van der Waals surface area contributed by atoms with Crippen molar-refractivity contribution in [3.63, 3.8) is 0 Å². The van der Waals surface area contributed by atoms with Crippen molar-refractivity contribution in [3.8, 4) is 0 Å². The van der Waals surface area contributed by atoms with Crippen LogP contribution in [0.2, 0.25) is 0 Å². The van der Waals surface area contributed by atoms with Gasteiger partial charge in [-0.25, -0.2) is 4.79 Å². The van der Waals surface area contributed by atoms with Crippen LogP contribution >= 0.6 is 0 Å². The first kappa shape index (κ1) is 11.3. The number of benzene rings is 1. The van der Waals surface area contributed by atoms with Crippen molar-refractivity contribution in [2.45, 2.75) is 38.5 Å². The van der Waals surface area contributed by atoms with Crippen molar-refractivity contribution >= 4 is 16.8 Å². The van der Waals surface area contributed by atoms with E-state index in [1.807, 2.05) is 6.92 Å². The standard InChI is InChI=1S/C13H16N2O3/c1-8-2-4-10(17-8)7-15-11-6-9(14)3-5-12(11)18-13(15)16/h3,5-6,8,10H,2,4,7,14H2,1H3. The van der Waals surface area contributed by atoms with Crippen LogP contribution < -0.4 is 11.5 Å². The average Bonchev–Trinajstić information content (AvgIpc) is 2.86. The van der Waals surface area contributed by atoms with Gasteiger partial charge in [0.15, 0.2) is 5.58 Å². The monoisotopic (exact) mass is 248 g/mol. The highest BCUT2D eigenvalue weighted by Gasteiger charge is 2.23. The van der Waals surface area contributed by atoms with Gasteiger partial charge in [0.2, 0.25) is 0 Å². The van der Waals surface area contributed by atoms with Crippen molar-refractivity contribution in [2.75, 3.05) is 5.73 Å². The Morgan fingerprint density at radius 3 is 3.00 bits per heavy atom. The highest BCUT2D eigenvalue weighted by molar-refractivity contribution is 5.76. The summed E-state index contributed by atoms with van der Waals surface area (Å²) in [5, 5.41) is 0. The Hall–Kier alpha value is -1.75. The minimum atomic E-state index is -0.348. The maximum Gasteiger partial charge on any atom is 0.420 e. The van der Waals surface area contributed by atoms with E-state index < -0.39 is 0 Å². The van der Waals surface area contributed by atoms with Crippen molar-refractivity contribution in [2.24, 2.45) is 0 Å². The molecule has 2 heterocycles. The molecule has 2 aromatic rings. The lowest BCUT2D eigenvalue weighted by atomic mass is 10.2. The molecule has 0 radical (unpaired) electrons. The van der Waals surface area contributed by atoms with Gasteiger partial charge < -0.3 is 14.9 Å². The summed E-state index contributed by atoms with van der Waals surface area (Å²) < 4.78 is 12.5. The number of aromatic nitrogens is 1. The Labute approximate surface area is 104 Å². The number of hydrogen-bond acceptors (Lipinski definition) is 4. The molecule has 0 spiro atoms. The molecule has 1 aromatic heterocycles. The molecule has 1 aliphatic rings. The molecule has 3 rings (SSSR count). The van der Waals surface area contributed by atoms with Crippen LogP contribution in [0.15, 0.2) is 27.4 Å². The third kappa shape index (κ3) is 1.90. The molecule has 0 bridgehead atoms. The van der Waals surface area contributed by atoms with E-state index in [2.05, 4.69) is 0 Å². The summed E-state index contributed by atoms with van der Waals surface area (Å²) >= 11 is 0. The number of fused-ring (bicyclic) bond motifs is 1. The molecule has 96 valence electrons. The van der Waals surface area contributed by atoms with Crippen LogP contribution in [0.4, 0.5) is 5.69 Å². The van der Waals surface area contributed by atoms with Gasteiger partial charge in [-0.15, -0.1) is 0 Å². The number of nitrogen functional groups attached to an aromatic ring is 1. The maximum atomic E-state index is 11.8. The molecular formula is C13H16N2O3. The summed E-state index contributed by atoms with van der Waals surface area (Å²) in [4.78, 5) is 11.8. The third-order valence-corrected chi connectivity index (χ3v) is 3.40. The van der Waals surface area contributed by atoms with Crippen molar-refractivity contribution in [1.82, 2.24) is 4.57 Å². The van der Waals surface area contributed by atoms with E-state index in [0.29, 0.717) is 17.8 Å². The molecule has 1 fully saturated rings. The second kappa shape index (κ2) is 4.17. The first-order valence-corrected chi connectivity index (χ1v) is 6.18. The Balaban J connectivity index is 1.98. The first-order chi connectivity index (χ1) is 8.63. The first-order valence-electron chi connectivity index (χ1n) is 6.18. The fourth-order valence-corrected chi connectivity index (χ4v) is 2.48. The summed E-state index contributed by atoms with van der Waals surface area (Å²) in [7, 11) is 0. The average molecular weight is 248 g/mol. The number of nitrogens with two attached hydrogens (primary N) is 1. The zero-order valence-corrected chi connectivity index (χ0v) is 10.3. The number of ether oxygens (including phenoxy) is 1. The van der Waals surface area contributed by atoms with Gasteiger partial charge in [0, 0.05) is 5.69 Å². The Kier molecular flexibility index (Phi) is 2.63. The zero-order chi connectivity index (χ0) is 12.7. The molecule has 0 aliphatic carbocycles. The Morgan fingerprint density at radius 1 is 1.44 bits per heavy atom. The van der Waals surface area contributed by atoms with E-state index in [-0.39, 0.29) is 18.0 Å². The molecule has 1 aliphatic heterocycles. The van der Waals surface area contributed by atoms with Gasteiger partial charge in [0.1, 0.15) is 0 Å². The van der Waals surface area contributed by atoms with Gasteiger partial charge in [-0.1, -0.05) is 0 Å². The molecule has 5 nitrogen and oxygen atoms in total. The van der Waals surface area contributed by atoms with E-state index >= 15 is 0 Å². The van der Waals surface area contributed by atoms with Crippen LogP contribution in [0.5, 0.6) is 0 Å². The summed E-state index contributed by atoms with van der Waals surface area (Å²) in [6.45, 7) is 2.58. The lowest BCUT2D eigenvalue weighted by Gasteiger charge is -2.11. The number of nitrogens with zero attached hydrogens (tertiary/aromatic N) is 1. The molecule has 0 amide bonds. The third-order valence-electron chi connectivity index (χ3n) is 3.40. The topological polar surface area (TPSA) is 70.4 Å². The van der Waals surface area contributed by atoms with E-state index in [1.165, 1.54) is 0 Å². The molecule has 1 aromatic carbocycles. The second-order valence-electron chi connectivity index (χ2n) is 4.85.